The van der Waals surface area contributed by atoms with Crippen LogP contribution in [0.15, 0.2) is 41.8 Å². The Labute approximate surface area is 145 Å². The molecule has 24 heavy (non-hydrogen) atoms. The van der Waals surface area contributed by atoms with Crippen LogP contribution >= 0.6 is 11.3 Å². The van der Waals surface area contributed by atoms with Crippen LogP contribution in [-0.4, -0.2) is 54.3 Å². The van der Waals surface area contributed by atoms with Gasteiger partial charge in [0.1, 0.15) is 0 Å². The summed E-state index contributed by atoms with van der Waals surface area (Å²) in [4.78, 5) is 29.4. The number of nitrogens with one attached hydrogen (secondary N) is 1. The highest BCUT2D eigenvalue weighted by atomic mass is 32.1. The van der Waals surface area contributed by atoms with Gasteiger partial charge in [-0.05, 0) is 36.1 Å². The molecule has 2 amide bonds. The second-order valence-corrected chi connectivity index (χ2v) is 6.83. The van der Waals surface area contributed by atoms with Gasteiger partial charge in [0.15, 0.2) is 0 Å². The molecule has 1 aliphatic rings. The molecule has 2 aromatic rings. The van der Waals surface area contributed by atoms with Gasteiger partial charge in [0.25, 0.3) is 5.91 Å². The molecule has 1 saturated heterocycles. The molecule has 0 aliphatic carbocycles. The maximum Gasteiger partial charge on any atom is 0.264 e. The van der Waals surface area contributed by atoms with E-state index in [1.807, 2.05) is 53.6 Å². The van der Waals surface area contributed by atoms with E-state index in [-0.39, 0.29) is 11.8 Å². The molecule has 0 bridgehead atoms. The zero-order valence-electron chi connectivity index (χ0n) is 13.7. The van der Waals surface area contributed by atoms with E-state index in [1.54, 1.807) is 0 Å². The van der Waals surface area contributed by atoms with Crippen molar-refractivity contribution in [1.82, 2.24) is 9.80 Å². The van der Waals surface area contributed by atoms with Crippen LogP contribution in [0, 0.1) is 6.92 Å². The predicted octanol–water partition coefficient (Wildman–Crippen LogP) is 2.45. The van der Waals surface area contributed by atoms with Gasteiger partial charge in [0, 0.05) is 31.9 Å². The van der Waals surface area contributed by atoms with Crippen molar-refractivity contribution in [3.05, 3.63) is 52.2 Å². The molecule has 6 heteroatoms. The molecule has 126 valence electrons. The molecule has 3 rings (SSSR count). The fourth-order valence-electron chi connectivity index (χ4n) is 2.77. The summed E-state index contributed by atoms with van der Waals surface area (Å²) in [6.07, 6.45) is 0. The van der Waals surface area contributed by atoms with Crippen LogP contribution in [0.3, 0.4) is 0 Å². The Balaban J connectivity index is 1.48. The molecule has 0 unspecified atom stereocenters. The Morgan fingerprint density at radius 2 is 1.79 bits per heavy atom. The lowest BCUT2D eigenvalue weighted by atomic mass is 10.2. The molecule has 1 fully saturated rings. The Bertz CT molecular complexity index is 706. The number of benzene rings is 1. The summed E-state index contributed by atoms with van der Waals surface area (Å²) in [7, 11) is 0. The van der Waals surface area contributed by atoms with Gasteiger partial charge in [0.2, 0.25) is 5.91 Å². The van der Waals surface area contributed by atoms with Gasteiger partial charge < -0.3 is 10.2 Å². The molecule has 0 radical (unpaired) electrons. The summed E-state index contributed by atoms with van der Waals surface area (Å²) in [6, 6.07) is 11.4. The van der Waals surface area contributed by atoms with Gasteiger partial charge in [-0.1, -0.05) is 18.2 Å². The Morgan fingerprint density at radius 3 is 2.42 bits per heavy atom. The fraction of sp³-hybridized carbons (Fsp3) is 0.333. The van der Waals surface area contributed by atoms with Crippen LogP contribution in [0.25, 0.3) is 0 Å². The fourth-order valence-corrected chi connectivity index (χ4v) is 3.66. The number of hydrogen-bond acceptors (Lipinski definition) is 4. The van der Waals surface area contributed by atoms with E-state index >= 15 is 0 Å². The van der Waals surface area contributed by atoms with Crippen LogP contribution in [-0.2, 0) is 4.79 Å². The highest BCUT2D eigenvalue weighted by Crippen LogP contribution is 2.18. The van der Waals surface area contributed by atoms with Crippen LogP contribution in [0.4, 0.5) is 5.69 Å². The van der Waals surface area contributed by atoms with Gasteiger partial charge in [-0.15, -0.1) is 11.3 Å². The second kappa shape index (κ2) is 7.59. The van der Waals surface area contributed by atoms with Gasteiger partial charge >= 0.3 is 0 Å². The first kappa shape index (κ1) is 16.7. The number of carbonyl (C=O) groups excluding carboxylic acids is 2. The number of nitrogens with zero attached hydrogens (tertiary/aromatic N) is 2. The van der Waals surface area contributed by atoms with Gasteiger partial charge in [-0.3, -0.25) is 14.5 Å². The van der Waals surface area contributed by atoms with E-state index in [4.69, 9.17) is 0 Å². The van der Waals surface area contributed by atoms with Gasteiger partial charge in [0.05, 0.1) is 11.4 Å². The highest BCUT2D eigenvalue weighted by molar-refractivity contribution is 7.12. The molecule has 5 nitrogen and oxygen atoms in total. The molecule has 1 N–H and O–H groups in total. The number of thiophene rings is 1. The van der Waals surface area contributed by atoms with E-state index in [2.05, 4.69) is 10.2 Å². The SMILES string of the molecule is Cc1ccsc1C(=O)N1CCN(CC(=O)Nc2ccccc2)CC1. The third-order valence-electron chi connectivity index (χ3n) is 4.14. The zero-order chi connectivity index (χ0) is 16.9. The Kier molecular flexibility index (Phi) is 5.27. The largest absolute Gasteiger partial charge is 0.335 e. The van der Waals surface area contributed by atoms with E-state index < -0.39 is 0 Å². The third kappa shape index (κ3) is 4.01. The maximum atomic E-state index is 12.5. The number of anilines is 1. The van der Waals surface area contributed by atoms with Crippen LogP contribution in [0.5, 0.6) is 0 Å². The lowest BCUT2D eigenvalue weighted by Crippen LogP contribution is -2.50. The minimum absolute atomic E-state index is 0.0184. The summed E-state index contributed by atoms with van der Waals surface area (Å²) < 4.78 is 0. The molecule has 0 spiro atoms. The molecule has 1 aliphatic heterocycles. The second-order valence-electron chi connectivity index (χ2n) is 5.92. The molecule has 0 saturated carbocycles. The first-order valence-electron chi connectivity index (χ1n) is 8.04. The molecule has 0 atom stereocenters. The number of carbonyl (C=O) groups is 2. The topological polar surface area (TPSA) is 52.7 Å². The number of hydrogen-bond donors (Lipinski definition) is 1. The van der Waals surface area contributed by atoms with Crippen molar-refractivity contribution in [2.24, 2.45) is 0 Å². The summed E-state index contributed by atoms with van der Waals surface area (Å²) in [5.74, 6) is 0.0889. The van der Waals surface area contributed by atoms with Gasteiger partial charge in [-0.2, -0.15) is 0 Å². The summed E-state index contributed by atoms with van der Waals surface area (Å²) in [5.41, 5.74) is 1.85. The number of piperazine rings is 1. The van der Waals surface area contributed by atoms with Crippen LogP contribution in [0.1, 0.15) is 15.2 Å². The van der Waals surface area contributed by atoms with E-state index in [0.717, 1.165) is 29.2 Å². The van der Waals surface area contributed by atoms with Crippen molar-refractivity contribution in [3.63, 3.8) is 0 Å². The minimum atomic E-state index is -0.0184. The van der Waals surface area contributed by atoms with Crippen molar-refractivity contribution in [2.75, 3.05) is 38.0 Å². The van der Waals surface area contributed by atoms with Crippen molar-refractivity contribution in [3.8, 4) is 0 Å². The lowest BCUT2D eigenvalue weighted by molar-refractivity contribution is -0.117. The highest BCUT2D eigenvalue weighted by Gasteiger charge is 2.24. The van der Waals surface area contributed by atoms with Crippen molar-refractivity contribution < 1.29 is 9.59 Å². The number of para-hydroxylation sites is 1. The third-order valence-corrected chi connectivity index (χ3v) is 5.15. The monoisotopic (exact) mass is 343 g/mol. The zero-order valence-corrected chi connectivity index (χ0v) is 14.5. The number of rotatable bonds is 4. The quantitative estimate of drug-likeness (QED) is 0.928. The number of amides is 2. The van der Waals surface area contributed by atoms with E-state index in [9.17, 15) is 9.59 Å². The van der Waals surface area contributed by atoms with Crippen molar-refractivity contribution in [2.45, 2.75) is 6.92 Å². The molecular weight excluding hydrogens is 322 g/mol. The molecular formula is C18H21N3O2S. The van der Waals surface area contributed by atoms with E-state index in [1.165, 1.54) is 11.3 Å². The van der Waals surface area contributed by atoms with Crippen molar-refractivity contribution in [1.29, 1.82) is 0 Å². The minimum Gasteiger partial charge on any atom is -0.335 e. The smallest absolute Gasteiger partial charge is 0.264 e. The van der Waals surface area contributed by atoms with E-state index in [0.29, 0.717) is 19.6 Å². The molecule has 2 heterocycles. The van der Waals surface area contributed by atoms with Gasteiger partial charge in [-0.25, -0.2) is 0 Å². The number of aryl methyl sites for hydroxylation is 1. The Hall–Kier alpha value is -2.18. The lowest BCUT2D eigenvalue weighted by Gasteiger charge is -2.34. The standard InChI is InChI=1S/C18H21N3O2S/c1-14-7-12-24-17(14)18(23)21-10-8-20(9-11-21)13-16(22)19-15-5-3-2-4-6-15/h2-7,12H,8-11,13H2,1H3,(H,19,22). The average Bonchev–Trinajstić information content (AvgIpc) is 3.02. The predicted molar refractivity (Wildman–Crippen MR) is 96.5 cm³/mol. The summed E-state index contributed by atoms with van der Waals surface area (Å²) >= 11 is 1.50. The van der Waals surface area contributed by atoms with Crippen LogP contribution < -0.4 is 5.32 Å². The average molecular weight is 343 g/mol. The molecule has 1 aromatic heterocycles. The normalized spacial score (nSPS) is 15.3. The summed E-state index contributed by atoms with van der Waals surface area (Å²) in [5, 5.41) is 4.84. The first-order valence-corrected chi connectivity index (χ1v) is 8.92. The molecule has 1 aromatic carbocycles. The Morgan fingerprint density at radius 1 is 1.08 bits per heavy atom. The first-order chi connectivity index (χ1) is 11.6. The summed E-state index contributed by atoms with van der Waals surface area (Å²) in [6.45, 7) is 5.09. The van der Waals surface area contributed by atoms with Crippen LogP contribution in [0.2, 0.25) is 0 Å². The van der Waals surface area contributed by atoms with Crippen molar-refractivity contribution >= 4 is 28.8 Å². The maximum absolute atomic E-state index is 12.5.